The molecule has 1 fully saturated rings. The number of sulfonamides is 1. The van der Waals surface area contributed by atoms with Crippen LogP contribution in [0.1, 0.15) is 33.7 Å². The molecule has 0 aromatic heterocycles. The predicted octanol–water partition coefficient (Wildman–Crippen LogP) is 4.72. The van der Waals surface area contributed by atoms with E-state index in [1.807, 2.05) is 44.2 Å². The Morgan fingerprint density at radius 3 is 2.44 bits per heavy atom. The smallest absolute Gasteiger partial charge is 0.243 e. The van der Waals surface area contributed by atoms with Crippen molar-refractivity contribution in [1.82, 2.24) is 9.21 Å². The molecule has 2 unspecified atom stereocenters. The van der Waals surface area contributed by atoms with Crippen LogP contribution in [0.5, 0.6) is 0 Å². The van der Waals surface area contributed by atoms with Gasteiger partial charge in [0.25, 0.3) is 0 Å². The van der Waals surface area contributed by atoms with Gasteiger partial charge in [0.1, 0.15) is 0 Å². The zero-order valence-corrected chi connectivity index (χ0v) is 19.6. The predicted molar refractivity (Wildman–Crippen MR) is 128 cm³/mol. The van der Waals surface area contributed by atoms with Gasteiger partial charge in [-0.3, -0.25) is 4.90 Å². The van der Waals surface area contributed by atoms with Crippen molar-refractivity contribution in [1.29, 1.82) is 0 Å². The molecular weight excluding hydrogens is 416 g/mol. The molecule has 0 bridgehead atoms. The van der Waals surface area contributed by atoms with E-state index >= 15 is 0 Å². The fraction of sp³-hybridized carbons (Fsp3) is 0.333. The molecule has 166 valence electrons. The lowest BCUT2D eigenvalue weighted by atomic mass is 9.87. The van der Waals surface area contributed by atoms with Crippen LogP contribution in [0.25, 0.3) is 0 Å². The molecule has 3 aromatic rings. The zero-order valence-electron chi connectivity index (χ0n) is 18.7. The molecule has 3 aromatic carbocycles. The first-order chi connectivity index (χ1) is 15.4. The lowest BCUT2D eigenvalue weighted by Gasteiger charge is -2.25. The van der Waals surface area contributed by atoms with Crippen LogP contribution in [-0.4, -0.2) is 37.3 Å². The second-order valence-corrected chi connectivity index (χ2v) is 11.2. The van der Waals surface area contributed by atoms with Crippen LogP contribution in [-0.2, 0) is 23.1 Å². The number of benzene rings is 3. The Morgan fingerprint density at radius 1 is 0.875 bits per heavy atom. The third-order valence-corrected chi connectivity index (χ3v) is 8.92. The summed E-state index contributed by atoms with van der Waals surface area (Å²) in [6.07, 6.45) is 0. The van der Waals surface area contributed by atoms with Gasteiger partial charge in [-0.2, -0.15) is 4.31 Å². The Morgan fingerprint density at radius 2 is 1.62 bits per heavy atom. The second kappa shape index (κ2) is 8.47. The molecule has 2 aliphatic heterocycles. The van der Waals surface area contributed by atoms with Crippen LogP contribution < -0.4 is 0 Å². The van der Waals surface area contributed by atoms with Crippen molar-refractivity contribution in [3.05, 3.63) is 101 Å². The lowest BCUT2D eigenvalue weighted by Crippen LogP contribution is -2.35. The molecule has 1 saturated heterocycles. The Balaban J connectivity index is 1.49. The molecule has 0 amide bonds. The first-order valence-electron chi connectivity index (χ1n) is 11.3. The maximum atomic E-state index is 13.8. The van der Waals surface area contributed by atoms with Gasteiger partial charge in [-0.05, 0) is 53.6 Å². The summed E-state index contributed by atoms with van der Waals surface area (Å²) in [6, 6.07) is 24.7. The fourth-order valence-corrected chi connectivity index (χ4v) is 7.12. The van der Waals surface area contributed by atoms with Gasteiger partial charge in [0, 0.05) is 38.6 Å². The van der Waals surface area contributed by atoms with E-state index < -0.39 is 10.0 Å². The summed E-state index contributed by atoms with van der Waals surface area (Å²) >= 11 is 0. The average molecular weight is 447 g/mol. The number of nitrogens with zero attached hydrogens (tertiary/aromatic N) is 2. The van der Waals surface area contributed by atoms with Gasteiger partial charge in [-0.1, -0.05) is 66.7 Å². The highest BCUT2D eigenvalue weighted by Crippen LogP contribution is 2.40. The molecule has 0 saturated carbocycles. The van der Waals surface area contributed by atoms with E-state index in [1.54, 1.807) is 4.31 Å². The summed E-state index contributed by atoms with van der Waals surface area (Å²) in [5, 5.41) is 0. The summed E-state index contributed by atoms with van der Waals surface area (Å²) in [5.74, 6) is 0.635. The second-order valence-electron chi connectivity index (χ2n) is 9.31. The van der Waals surface area contributed by atoms with Crippen molar-refractivity contribution in [2.45, 2.75) is 37.8 Å². The highest BCUT2D eigenvalue weighted by Gasteiger charge is 2.41. The molecule has 0 radical (unpaired) electrons. The maximum absolute atomic E-state index is 13.8. The molecule has 5 rings (SSSR count). The number of hydrogen-bond donors (Lipinski definition) is 0. The third kappa shape index (κ3) is 4.01. The number of likely N-dealkylation sites (tertiary alicyclic amines) is 1. The van der Waals surface area contributed by atoms with Crippen molar-refractivity contribution < 1.29 is 8.42 Å². The van der Waals surface area contributed by atoms with Gasteiger partial charge in [-0.15, -0.1) is 0 Å². The van der Waals surface area contributed by atoms with Gasteiger partial charge >= 0.3 is 0 Å². The Kier molecular flexibility index (Phi) is 5.66. The van der Waals surface area contributed by atoms with Gasteiger partial charge in [0.2, 0.25) is 10.0 Å². The van der Waals surface area contributed by atoms with E-state index in [0.29, 0.717) is 23.9 Å². The summed E-state index contributed by atoms with van der Waals surface area (Å²) in [4.78, 5) is 2.92. The number of aryl methyl sites for hydroxylation is 2. The van der Waals surface area contributed by atoms with Crippen molar-refractivity contribution >= 4 is 10.0 Å². The van der Waals surface area contributed by atoms with E-state index in [0.717, 1.165) is 36.3 Å². The summed E-state index contributed by atoms with van der Waals surface area (Å²) in [5.41, 5.74) is 5.53. The first kappa shape index (κ1) is 21.4. The normalized spacial score (nSPS) is 21.7. The van der Waals surface area contributed by atoms with E-state index in [-0.39, 0.29) is 5.92 Å². The summed E-state index contributed by atoms with van der Waals surface area (Å²) in [6.45, 7) is 7.61. The Labute approximate surface area is 191 Å². The molecule has 2 atom stereocenters. The molecule has 32 heavy (non-hydrogen) atoms. The highest BCUT2D eigenvalue weighted by molar-refractivity contribution is 7.89. The molecule has 0 N–H and O–H groups in total. The van der Waals surface area contributed by atoms with E-state index in [1.165, 1.54) is 11.1 Å². The van der Waals surface area contributed by atoms with E-state index in [2.05, 4.69) is 47.4 Å². The molecule has 2 aliphatic rings. The van der Waals surface area contributed by atoms with E-state index in [4.69, 9.17) is 0 Å². The van der Waals surface area contributed by atoms with Crippen LogP contribution in [0, 0.1) is 19.8 Å². The molecule has 0 aliphatic carbocycles. The van der Waals surface area contributed by atoms with Crippen LogP contribution in [0.4, 0.5) is 0 Å². The first-order valence-corrected chi connectivity index (χ1v) is 12.8. The molecule has 5 heteroatoms. The quantitative estimate of drug-likeness (QED) is 0.582. The van der Waals surface area contributed by atoms with Crippen LogP contribution >= 0.6 is 0 Å². The maximum Gasteiger partial charge on any atom is 0.243 e. The van der Waals surface area contributed by atoms with Crippen molar-refractivity contribution in [2.24, 2.45) is 5.92 Å². The summed E-state index contributed by atoms with van der Waals surface area (Å²) in [7, 11) is -3.58. The van der Waals surface area contributed by atoms with Crippen LogP contribution in [0.15, 0.2) is 77.7 Å². The third-order valence-electron chi connectivity index (χ3n) is 6.97. The van der Waals surface area contributed by atoms with Crippen LogP contribution in [0.2, 0.25) is 0 Å². The molecule has 4 nitrogen and oxygen atoms in total. The number of rotatable bonds is 4. The number of hydrogen-bond acceptors (Lipinski definition) is 3. The highest BCUT2D eigenvalue weighted by atomic mass is 32.2. The standard InChI is InChI=1S/C27H30N2O2S/c1-20-12-13-21(2)27(14-20)32(30,31)29-17-23-10-6-7-11-25(23)26-19-28(16-24(26)18-29)15-22-8-4-3-5-9-22/h3-14,24,26H,15-19H2,1-2H3. The SMILES string of the molecule is Cc1ccc(C)c(S(=O)(=O)N2Cc3ccccc3C3CN(Cc4ccccc4)CC3C2)c1. The van der Waals surface area contributed by atoms with Gasteiger partial charge < -0.3 is 0 Å². The van der Waals surface area contributed by atoms with Gasteiger partial charge in [0.15, 0.2) is 0 Å². The van der Waals surface area contributed by atoms with Gasteiger partial charge in [-0.25, -0.2) is 8.42 Å². The molecular formula is C27H30N2O2S. The van der Waals surface area contributed by atoms with Gasteiger partial charge in [0.05, 0.1) is 4.90 Å². The Bertz CT molecular complexity index is 1220. The number of fused-ring (bicyclic) bond motifs is 3. The minimum atomic E-state index is -3.58. The van der Waals surface area contributed by atoms with Crippen molar-refractivity contribution in [2.75, 3.05) is 19.6 Å². The van der Waals surface area contributed by atoms with E-state index in [9.17, 15) is 8.42 Å². The zero-order chi connectivity index (χ0) is 22.3. The summed E-state index contributed by atoms with van der Waals surface area (Å²) < 4.78 is 29.3. The minimum Gasteiger partial charge on any atom is -0.298 e. The Hall–Kier alpha value is -2.47. The molecule has 2 heterocycles. The van der Waals surface area contributed by atoms with Crippen molar-refractivity contribution in [3.8, 4) is 0 Å². The molecule has 0 spiro atoms. The van der Waals surface area contributed by atoms with Crippen molar-refractivity contribution in [3.63, 3.8) is 0 Å². The average Bonchev–Trinajstić information content (AvgIpc) is 3.10. The van der Waals surface area contributed by atoms with Crippen LogP contribution in [0.3, 0.4) is 0 Å². The monoisotopic (exact) mass is 446 g/mol. The minimum absolute atomic E-state index is 0.280. The largest absolute Gasteiger partial charge is 0.298 e. The topological polar surface area (TPSA) is 40.6 Å². The lowest BCUT2D eigenvalue weighted by molar-refractivity contribution is 0.293. The fourth-order valence-electron chi connectivity index (χ4n) is 5.33.